The molecule has 8 heteroatoms. The van der Waals surface area contributed by atoms with Gasteiger partial charge in [0.15, 0.2) is 0 Å². The first kappa shape index (κ1) is 23.7. The number of nitrogens with zero attached hydrogens (tertiary/aromatic N) is 2. The lowest BCUT2D eigenvalue weighted by Crippen LogP contribution is -2.43. The van der Waals surface area contributed by atoms with Gasteiger partial charge in [0.1, 0.15) is 10.4 Å². The van der Waals surface area contributed by atoms with E-state index in [1.54, 1.807) is 6.07 Å². The third-order valence-corrected chi connectivity index (χ3v) is 8.05. The lowest BCUT2D eigenvalue weighted by atomic mass is 9.95. The van der Waals surface area contributed by atoms with Crippen LogP contribution in [-0.4, -0.2) is 29.1 Å². The first-order valence-corrected chi connectivity index (χ1v) is 13.1. The molecule has 0 saturated heterocycles. The number of benzene rings is 2. The van der Waals surface area contributed by atoms with E-state index < -0.39 is 10.1 Å². The minimum absolute atomic E-state index is 0.0706. The van der Waals surface area contributed by atoms with Crippen LogP contribution >= 0.6 is 22.9 Å². The van der Waals surface area contributed by atoms with Gasteiger partial charge in [0.25, 0.3) is 0 Å². The van der Waals surface area contributed by atoms with Crippen molar-refractivity contribution >= 4 is 44.5 Å². The van der Waals surface area contributed by atoms with E-state index in [4.69, 9.17) is 16.6 Å². The molecule has 33 heavy (non-hydrogen) atoms. The molecule has 0 aliphatic carbocycles. The molecule has 1 unspecified atom stereocenters. The number of allylic oxidation sites excluding steroid dienone is 1. The summed E-state index contributed by atoms with van der Waals surface area (Å²) in [6.45, 7) is 8.45. The average Bonchev–Trinajstić information content (AvgIpc) is 3.24. The van der Waals surface area contributed by atoms with Crippen molar-refractivity contribution in [2.24, 2.45) is 4.99 Å². The van der Waals surface area contributed by atoms with Crippen LogP contribution in [0.25, 0.3) is 16.1 Å². The second-order valence-corrected chi connectivity index (χ2v) is 12.1. The Kier molecular flexibility index (Phi) is 6.26. The monoisotopic (exact) mass is 500 g/mol. The van der Waals surface area contributed by atoms with E-state index in [9.17, 15) is 13.0 Å². The van der Waals surface area contributed by atoms with Crippen LogP contribution in [0.4, 0.5) is 0 Å². The summed E-state index contributed by atoms with van der Waals surface area (Å²) in [5.74, 6) is 0. The number of aliphatic imine (C=N–C) groups is 1. The predicted octanol–water partition coefficient (Wildman–Crippen LogP) is 6.93. The molecule has 0 bridgehead atoms. The zero-order chi connectivity index (χ0) is 24.0. The molecule has 172 valence electrons. The predicted molar refractivity (Wildman–Crippen MR) is 136 cm³/mol. The fourth-order valence-corrected chi connectivity index (χ4v) is 5.74. The van der Waals surface area contributed by atoms with Gasteiger partial charge in [0, 0.05) is 26.8 Å². The molecule has 0 radical (unpaired) electrons. The maximum absolute atomic E-state index is 11.5. The van der Waals surface area contributed by atoms with E-state index in [1.165, 1.54) is 6.07 Å². The highest BCUT2D eigenvalue weighted by atomic mass is 35.5. The minimum atomic E-state index is -4.23. The summed E-state index contributed by atoms with van der Waals surface area (Å²) in [6.07, 6.45) is 1.83. The Bertz CT molecular complexity index is 1350. The smallest absolute Gasteiger partial charge is 0.304 e. The van der Waals surface area contributed by atoms with Crippen molar-refractivity contribution < 1.29 is 13.0 Å². The maximum atomic E-state index is 11.5. The number of thiophene rings is 1. The highest BCUT2D eigenvalue weighted by Crippen LogP contribution is 2.41. The highest BCUT2D eigenvalue weighted by molar-refractivity contribution is 7.88. The quantitative estimate of drug-likeness (QED) is 0.394. The molecular weight excluding hydrogens is 476 g/mol. The van der Waals surface area contributed by atoms with Gasteiger partial charge >= 0.3 is 10.1 Å². The van der Waals surface area contributed by atoms with Gasteiger partial charge in [-0.25, -0.2) is 0 Å². The van der Waals surface area contributed by atoms with Crippen molar-refractivity contribution in [3.63, 3.8) is 0 Å². The standard InChI is InChI=1S/C25H25ClN2O3S2/c1-16-14-21(17-8-10-20(26)11-9-17)28(25(2,3)4)24(27-16)19-7-5-6-18(15-19)22-12-13-23(32-22)33(29,30)31/h5-15,24H,1-4H3,(H,29,30,31). The van der Waals surface area contributed by atoms with Crippen LogP contribution in [0.2, 0.25) is 5.02 Å². The van der Waals surface area contributed by atoms with E-state index in [0.717, 1.165) is 44.3 Å². The van der Waals surface area contributed by atoms with Crippen LogP contribution in [0.15, 0.2) is 75.9 Å². The van der Waals surface area contributed by atoms with E-state index in [0.29, 0.717) is 5.02 Å². The SMILES string of the molecule is CC1=NC(c2cccc(-c3ccc(S(=O)(=O)O)s3)c2)N(C(C)(C)C)C(c2ccc(Cl)cc2)=C1. The first-order valence-electron chi connectivity index (χ1n) is 10.4. The zero-order valence-corrected chi connectivity index (χ0v) is 21.2. The van der Waals surface area contributed by atoms with Crippen molar-refractivity contribution in [3.8, 4) is 10.4 Å². The van der Waals surface area contributed by atoms with Gasteiger partial charge in [0.05, 0.1) is 0 Å². The van der Waals surface area contributed by atoms with Crippen LogP contribution in [0, 0.1) is 0 Å². The number of rotatable bonds is 4. The molecule has 2 heterocycles. The lowest BCUT2D eigenvalue weighted by Gasteiger charge is -2.45. The molecule has 0 saturated carbocycles. The summed E-state index contributed by atoms with van der Waals surface area (Å²) < 4.78 is 32.3. The highest BCUT2D eigenvalue weighted by Gasteiger charge is 2.34. The second kappa shape index (κ2) is 8.72. The molecule has 5 nitrogen and oxygen atoms in total. The van der Waals surface area contributed by atoms with Crippen LogP contribution in [-0.2, 0) is 10.1 Å². The first-order chi connectivity index (χ1) is 15.4. The molecule has 0 amide bonds. The number of hydrogen-bond acceptors (Lipinski definition) is 5. The van der Waals surface area contributed by atoms with Gasteiger partial charge < -0.3 is 4.90 Å². The minimum Gasteiger partial charge on any atom is -0.340 e. The van der Waals surface area contributed by atoms with Gasteiger partial charge in [-0.1, -0.05) is 41.9 Å². The summed E-state index contributed by atoms with van der Waals surface area (Å²) in [5, 5.41) is 0.687. The Morgan fingerprint density at radius 1 is 1.03 bits per heavy atom. The van der Waals surface area contributed by atoms with Gasteiger partial charge in [-0.15, -0.1) is 11.3 Å². The summed E-state index contributed by atoms with van der Waals surface area (Å²) in [5.41, 5.74) is 4.66. The molecule has 2 aromatic carbocycles. The lowest BCUT2D eigenvalue weighted by molar-refractivity contribution is 0.163. The van der Waals surface area contributed by atoms with Gasteiger partial charge in [-0.05, 0) is 80.8 Å². The van der Waals surface area contributed by atoms with Gasteiger partial charge in [-0.2, -0.15) is 8.42 Å². The maximum Gasteiger partial charge on any atom is 0.304 e. The molecule has 3 aromatic rings. The molecule has 1 aliphatic rings. The molecule has 1 aliphatic heterocycles. The fourth-order valence-electron chi connectivity index (χ4n) is 3.95. The van der Waals surface area contributed by atoms with Crippen LogP contribution < -0.4 is 0 Å². The molecule has 1 atom stereocenters. The Labute approximate surface area is 203 Å². The van der Waals surface area contributed by atoms with Crippen molar-refractivity contribution in [1.29, 1.82) is 0 Å². The van der Waals surface area contributed by atoms with Crippen molar-refractivity contribution in [2.45, 2.75) is 43.6 Å². The summed E-state index contributed by atoms with van der Waals surface area (Å²) >= 11 is 7.17. The van der Waals surface area contributed by atoms with Crippen molar-refractivity contribution in [1.82, 2.24) is 4.90 Å². The largest absolute Gasteiger partial charge is 0.340 e. The Morgan fingerprint density at radius 2 is 1.73 bits per heavy atom. The Hall–Kier alpha value is -2.45. The van der Waals surface area contributed by atoms with Crippen LogP contribution in [0.3, 0.4) is 0 Å². The van der Waals surface area contributed by atoms with Gasteiger partial charge in [-0.3, -0.25) is 9.55 Å². The average molecular weight is 501 g/mol. The van der Waals surface area contributed by atoms with Crippen LogP contribution in [0.5, 0.6) is 0 Å². The van der Waals surface area contributed by atoms with E-state index in [-0.39, 0.29) is 15.9 Å². The molecule has 0 fully saturated rings. The van der Waals surface area contributed by atoms with Crippen LogP contribution in [0.1, 0.15) is 45.0 Å². The molecule has 4 rings (SSSR count). The van der Waals surface area contributed by atoms with E-state index in [2.05, 4.69) is 31.7 Å². The topological polar surface area (TPSA) is 70.0 Å². The number of hydrogen-bond donors (Lipinski definition) is 1. The summed E-state index contributed by atoms with van der Waals surface area (Å²) in [6, 6.07) is 18.9. The molecular formula is C25H25ClN2O3S2. The normalized spacial score (nSPS) is 17.0. The van der Waals surface area contributed by atoms with E-state index in [1.807, 2.05) is 55.5 Å². The molecule has 1 aromatic heterocycles. The third-order valence-electron chi connectivity index (χ3n) is 5.34. The number of halogens is 1. The Balaban J connectivity index is 1.79. The zero-order valence-electron chi connectivity index (χ0n) is 18.8. The molecule has 1 N–H and O–H groups in total. The van der Waals surface area contributed by atoms with Crippen molar-refractivity contribution in [2.75, 3.05) is 0 Å². The van der Waals surface area contributed by atoms with E-state index >= 15 is 0 Å². The molecule has 0 spiro atoms. The third kappa shape index (κ3) is 5.06. The summed E-state index contributed by atoms with van der Waals surface area (Å²) in [4.78, 5) is 8.03. The van der Waals surface area contributed by atoms with Gasteiger partial charge in [0.2, 0.25) is 0 Å². The summed E-state index contributed by atoms with van der Waals surface area (Å²) in [7, 11) is -4.23. The Morgan fingerprint density at radius 3 is 2.33 bits per heavy atom. The second-order valence-electron chi connectivity index (χ2n) is 8.94. The van der Waals surface area contributed by atoms with Crippen molar-refractivity contribution in [3.05, 3.63) is 82.9 Å². The fraction of sp³-hybridized carbons (Fsp3) is 0.240.